The molecule has 2 aromatic carbocycles. The van der Waals surface area contributed by atoms with E-state index in [1.807, 2.05) is 60.7 Å². The number of methoxy groups -OCH3 is 1. The van der Waals surface area contributed by atoms with Crippen LogP contribution >= 0.6 is 0 Å². The fourth-order valence-corrected chi connectivity index (χ4v) is 10.3. The van der Waals surface area contributed by atoms with Crippen LogP contribution in [0.4, 0.5) is 4.79 Å². The van der Waals surface area contributed by atoms with Crippen LogP contribution in [0.3, 0.4) is 0 Å². The Balaban J connectivity index is 2.29. The number of rotatable bonds is 12. The van der Waals surface area contributed by atoms with E-state index < -0.39 is 38.4 Å². The number of esters is 1. The van der Waals surface area contributed by atoms with E-state index in [-0.39, 0.29) is 29.5 Å². The molecule has 7 nitrogen and oxygen atoms in total. The average molecular weight is 527 g/mol. The second-order valence-electron chi connectivity index (χ2n) is 10.4. The molecule has 202 valence electrons. The molecule has 0 spiro atoms. The lowest BCUT2D eigenvalue weighted by Crippen LogP contribution is -2.56. The number of carbonyl (C=O) groups excluding carboxylic acids is 3. The Hall–Kier alpha value is -3.13. The minimum atomic E-state index is -2.51. The largest absolute Gasteiger partial charge is 0.503 e. The average Bonchev–Trinajstić information content (AvgIpc) is 2.86. The monoisotopic (exact) mass is 526 g/mol. The molecular weight excluding hydrogens is 484 g/mol. The van der Waals surface area contributed by atoms with Crippen LogP contribution in [-0.4, -0.2) is 45.5 Å². The first-order valence-electron chi connectivity index (χ1n) is 13.0. The summed E-state index contributed by atoms with van der Waals surface area (Å²) in [6, 6.07) is 17.0. The second-order valence-corrected chi connectivity index (χ2v) is 15.7. The zero-order valence-corrected chi connectivity index (χ0v) is 24.1. The first kappa shape index (κ1) is 30.1. The van der Waals surface area contributed by atoms with Crippen molar-refractivity contribution in [3.63, 3.8) is 0 Å². The molecule has 37 heavy (non-hydrogen) atoms. The molecule has 0 aliphatic rings. The molecule has 8 heteroatoms. The van der Waals surface area contributed by atoms with E-state index in [1.54, 1.807) is 0 Å². The van der Waals surface area contributed by atoms with E-state index in [4.69, 9.17) is 9.16 Å². The topological polar surface area (TPSA) is 93.7 Å². The number of hydrogen-bond donors (Lipinski definition) is 2. The molecule has 2 amide bonds. The Bertz CT molecular complexity index is 990. The van der Waals surface area contributed by atoms with Gasteiger partial charge in [-0.3, -0.25) is 4.79 Å². The molecule has 2 atom stereocenters. The normalized spacial score (nSPS) is 13.2. The van der Waals surface area contributed by atoms with E-state index in [0.717, 1.165) is 11.1 Å². The SMILES string of the molecule is COC(=O)[C@H](Cc1ccccc1)NC(=O)[C@H](Cc1ccccc1)NC(=O)O[Si](C(C)C)(C(C)C)C(C)C. The minimum absolute atomic E-state index is 0.203. The number of amides is 2. The van der Waals surface area contributed by atoms with Gasteiger partial charge >= 0.3 is 12.1 Å². The Labute approximate surface area is 222 Å². The predicted molar refractivity (Wildman–Crippen MR) is 149 cm³/mol. The van der Waals surface area contributed by atoms with Crippen molar-refractivity contribution in [1.82, 2.24) is 10.6 Å². The molecule has 2 rings (SSSR count). The summed E-state index contributed by atoms with van der Waals surface area (Å²) in [7, 11) is -1.22. The molecule has 0 saturated carbocycles. The maximum atomic E-state index is 13.5. The molecule has 0 radical (unpaired) electrons. The van der Waals surface area contributed by atoms with Crippen LogP contribution in [0.1, 0.15) is 52.7 Å². The molecular formula is C29H42N2O5Si. The summed E-state index contributed by atoms with van der Waals surface area (Å²) >= 11 is 0. The van der Waals surface area contributed by atoms with Crippen LogP contribution < -0.4 is 10.6 Å². The lowest BCUT2D eigenvalue weighted by atomic mass is 10.0. The van der Waals surface area contributed by atoms with Gasteiger partial charge in [0.2, 0.25) is 5.91 Å². The first-order valence-corrected chi connectivity index (χ1v) is 15.1. The maximum Gasteiger partial charge on any atom is 0.394 e. The Kier molecular flexibility index (Phi) is 11.4. The van der Waals surface area contributed by atoms with Gasteiger partial charge in [0.15, 0.2) is 0 Å². The van der Waals surface area contributed by atoms with Crippen molar-refractivity contribution >= 4 is 26.3 Å². The molecule has 0 aliphatic heterocycles. The van der Waals surface area contributed by atoms with Gasteiger partial charge < -0.3 is 19.8 Å². The molecule has 0 heterocycles. The van der Waals surface area contributed by atoms with Crippen LogP contribution in [-0.2, 0) is 31.6 Å². The van der Waals surface area contributed by atoms with E-state index in [1.165, 1.54) is 7.11 Å². The maximum absolute atomic E-state index is 13.5. The van der Waals surface area contributed by atoms with Gasteiger partial charge in [0.05, 0.1) is 7.11 Å². The van der Waals surface area contributed by atoms with Crippen LogP contribution in [0.5, 0.6) is 0 Å². The van der Waals surface area contributed by atoms with Crippen molar-refractivity contribution in [2.75, 3.05) is 7.11 Å². The van der Waals surface area contributed by atoms with Crippen LogP contribution in [0.2, 0.25) is 16.6 Å². The van der Waals surface area contributed by atoms with E-state index in [2.05, 4.69) is 52.2 Å². The number of nitrogens with one attached hydrogen (secondary N) is 2. The number of ether oxygens (including phenoxy) is 1. The summed E-state index contributed by atoms with van der Waals surface area (Å²) in [5.41, 5.74) is 2.37. The van der Waals surface area contributed by atoms with Crippen LogP contribution in [0.25, 0.3) is 0 Å². The molecule has 0 bridgehead atoms. The molecule has 0 unspecified atom stereocenters. The van der Waals surface area contributed by atoms with Crippen LogP contribution in [0.15, 0.2) is 60.7 Å². The summed E-state index contributed by atoms with van der Waals surface area (Å²) in [5.74, 6) is -1.03. The summed E-state index contributed by atoms with van der Waals surface area (Å²) in [6.07, 6.45) is -0.0802. The Morgan fingerprint density at radius 3 is 1.54 bits per heavy atom. The number of hydrogen-bond acceptors (Lipinski definition) is 5. The molecule has 0 saturated heterocycles. The summed E-state index contributed by atoms with van der Waals surface area (Å²) in [5, 5.41) is 5.62. The summed E-state index contributed by atoms with van der Waals surface area (Å²) in [4.78, 5) is 39.3. The zero-order valence-electron chi connectivity index (χ0n) is 23.1. The van der Waals surface area contributed by atoms with Crippen molar-refractivity contribution < 1.29 is 23.5 Å². The van der Waals surface area contributed by atoms with E-state index in [0.29, 0.717) is 0 Å². The highest BCUT2D eigenvalue weighted by molar-refractivity contribution is 6.78. The molecule has 0 aliphatic carbocycles. The highest BCUT2D eigenvalue weighted by atomic mass is 28.4. The Morgan fingerprint density at radius 2 is 1.14 bits per heavy atom. The number of benzene rings is 2. The third-order valence-corrected chi connectivity index (χ3v) is 12.9. The lowest BCUT2D eigenvalue weighted by molar-refractivity contribution is -0.145. The van der Waals surface area contributed by atoms with E-state index in [9.17, 15) is 14.4 Å². The Morgan fingerprint density at radius 1 is 0.703 bits per heavy atom. The van der Waals surface area contributed by atoms with Gasteiger partial charge in [-0.15, -0.1) is 0 Å². The molecule has 2 aromatic rings. The lowest BCUT2D eigenvalue weighted by Gasteiger charge is -2.41. The van der Waals surface area contributed by atoms with E-state index >= 15 is 0 Å². The predicted octanol–water partition coefficient (Wildman–Crippen LogP) is 5.40. The van der Waals surface area contributed by atoms with Crippen molar-refractivity contribution in [3.8, 4) is 0 Å². The first-order chi connectivity index (χ1) is 17.5. The van der Waals surface area contributed by atoms with Crippen molar-refractivity contribution in [2.45, 2.75) is 83.1 Å². The van der Waals surface area contributed by atoms with Crippen molar-refractivity contribution in [2.24, 2.45) is 0 Å². The summed E-state index contributed by atoms with van der Waals surface area (Å²) in [6.45, 7) is 12.6. The number of carbonyl (C=O) groups is 3. The van der Waals surface area contributed by atoms with Gasteiger partial charge in [-0.2, -0.15) is 0 Å². The zero-order chi connectivity index (χ0) is 27.6. The quantitative estimate of drug-likeness (QED) is 0.285. The molecule has 0 fully saturated rings. The fourth-order valence-electron chi connectivity index (χ4n) is 5.20. The van der Waals surface area contributed by atoms with Gasteiger partial charge in [-0.05, 0) is 27.8 Å². The molecule has 0 aromatic heterocycles. The van der Waals surface area contributed by atoms with Crippen molar-refractivity contribution in [3.05, 3.63) is 71.8 Å². The highest BCUT2D eigenvalue weighted by Gasteiger charge is 2.48. The van der Waals surface area contributed by atoms with Crippen LogP contribution in [0, 0.1) is 0 Å². The third kappa shape index (κ3) is 8.18. The van der Waals surface area contributed by atoms with Gasteiger partial charge in [0.1, 0.15) is 12.1 Å². The smallest absolute Gasteiger partial charge is 0.394 e. The minimum Gasteiger partial charge on any atom is -0.503 e. The van der Waals surface area contributed by atoms with Gasteiger partial charge in [-0.25, -0.2) is 9.59 Å². The van der Waals surface area contributed by atoms with Gasteiger partial charge in [-0.1, -0.05) is 102 Å². The van der Waals surface area contributed by atoms with Gasteiger partial charge in [0.25, 0.3) is 8.32 Å². The van der Waals surface area contributed by atoms with Gasteiger partial charge in [0, 0.05) is 12.8 Å². The third-order valence-electron chi connectivity index (χ3n) is 6.95. The molecule has 2 N–H and O–H groups in total. The summed E-state index contributed by atoms with van der Waals surface area (Å²) < 4.78 is 11.2. The standard InChI is InChI=1S/C29H42N2O5Si/c1-20(2)37(21(3)4,22(5)6)36-29(34)31-25(18-23-14-10-8-11-15-23)27(32)30-26(28(33)35-7)19-24-16-12-9-13-17-24/h8-17,20-22,25-26H,18-19H2,1-7H3,(H,30,32)(H,31,34)/t25-,26-/m0/s1. The van der Waals surface area contributed by atoms with Crippen molar-refractivity contribution in [1.29, 1.82) is 0 Å². The fraction of sp³-hybridized carbons (Fsp3) is 0.483. The highest BCUT2D eigenvalue weighted by Crippen LogP contribution is 2.42. The second kappa shape index (κ2) is 14.0.